The quantitative estimate of drug-likeness (QED) is 0.243. The SMILES string of the molecule is CCNC(=NCC1(CCOC)CCC1)NCCCc1cnn(C)c1.I. The van der Waals surface area contributed by atoms with Gasteiger partial charge in [0.15, 0.2) is 5.96 Å². The van der Waals surface area contributed by atoms with Crippen molar-refractivity contribution in [3.63, 3.8) is 0 Å². The number of methoxy groups -OCH3 is 1. The molecule has 0 atom stereocenters. The topological polar surface area (TPSA) is 63.5 Å². The van der Waals surface area contributed by atoms with E-state index in [1.807, 2.05) is 17.9 Å². The normalized spacial score (nSPS) is 16.0. The van der Waals surface area contributed by atoms with Gasteiger partial charge in [-0.25, -0.2) is 0 Å². The van der Waals surface area contributed by atoms with Crippen molar-refractivity contribution < 1.29 is 4.74 Å². The number of nitrogens with one attached hydrogen (secondary N) is 2. The minimum absolute atomic E-state index is 0. The van der Waals surface area contributed by atoms with E-state index < -0.39 is 0 Å². The fraction of sp³-hybridized carbons (Fsp3) is 0.778. The first-order chi connectivity index (χ1) is 11.7. The van der Waals surface area contributed by atoms with Crippen LogP contribution in [0.5, 0.6) is 0 Å². The minimum atomic E-state index is 0. The third kappa shape index (κ3) is 7.52. The summed E-state index contributed by atoms with van der Waals surface area (Å²) in [5, 5.41) is 11.0. The van der Waals surface area contributed by atoms with Crippen molar-refractivity contribution >= 4 is 29.9 Å². The molecule has 7 heteroatoms. The number of rotatable bonds is 10. The Labute approximate surface area is 169 Å². The number of halogens is 1. The third-order valence-corrected chi connectivity index (χ3v) is 4.86. The van der Waals surface area contributed by atoms with Gasteiger partial charge >= 0.3 is 0 Å². The monoisotopic (exact) mass is 463 g/mol. The molecule has 25 heavy (non-hydrogen) atoms. The van der Waals surface area contributed by atoms with Gasteiger partial charge in [-0.2, -0.15) is 5.10 Å². The first-order valence-electron chi connectivity index (χ1n) is 9.16. The molecule has 2 N–H and O–H groups in total. The van der Waals surface area contributed by atoms with Crippen molar-refractivity contribution in [3.8, 4) is 0 Å². The number of nitrogens with zero attached hydrogens (tertiary/aromatic N) is 3. The zero-order valence-corrected chi connectivity index (χ0v) is 18.2. The van der Waals surface area contributed by atoms with Gasteiger partial charge in [-0.05, 0) is 50.0 Å². The average molecular weight is 463 g/mol. The summed E-state index contributed by atoms with van der Waals surface area (Å²) in [6.45, 7) is 5.65. The molecule has 0 amide bonds. The maximum absolute atomic E-state index is 5.26. The second-order valence-corrected chi connectivity index (χ2v) is 6.84. The molecule has 2 rings (SSSR count). The fourth-order valence-electron chi connectivity index (χ4n) is 3.17. The van der Waals surface area contributed by atoms with E-state index in [2.05, 4.69) is 28.9 Å². The number of hydrogen-bond donors (Lipinski definition) is 2. The highest BCUT2D eigenvalue weighted by atomic mass is 127. The van der Waals surface area contributed by atoms with Crippen molar-refractivity contribution in [2.24, 2.45) is 17.5 Å². The zero-order valence-electron chi connectivity index (χ0n) is 15.9. The van der Waals surface area contributed by atoms with Crippen molar-refractivity contribution in [1.82, 2.24) is 20.4 Å². The van der Waals surface area contributed by atoms with E-state index in [1.165, 1.54) is 24.8 Å². The van der Waals surface area contributed by atoms with Crippen LogP contribution in [-0.2, 0) is 18.2 Å². The van der Waals surface area contributed by atoms with Crippen LogP contribution in [0.3, 0.4) is 0 Å². The van der Waals surface area contributed by atoms with Crippen molar-refractivity contribution in [1.29, 1.82) is 0 Å². The molecule has 0 aromatic carbocycles. The Morgan fingerprint density at radius 3 is 2.76 bits per heavy atom. The Morgan fingerprint density at radius 1 is 1.40 bits per heavy atom. The summed E-state index contributed by atoms with van der Waals surface area (Å²) < 4.78 is 7.12. The van der Waals surface area contributed by atoms with Gasteiger partial charge in [-0.3, -0.25) is 9.67 Å². The van der Waals surface area contributed by atoms with Crippen LogP contribution in [0.1, 0.15) is 44.6 Å². The second kappa shape index (κ2) is 11.7. The molecule has 0 saturated heterocycles. The van der Waals surface area contributed by atoms with Crippen LogP contribution in [0.2, 0.25) is 0 Å². The molecular formula is C18H34IN5O. The van der Waals surface area contributed by atoms with E-state index >= 15 is 0 Å². The van der Waals surface area contributed by atoms with Crippen LogP contribution >= 0.6 is 24.0 Å². The lowest BCUT2D eigenvalue weighted by Crippen LogP contribution is -2.40. The minimum Gasteiger partial charge on any atom is -0.385 e. The van der Waals surface area contributed by atoms with Crippen molar-refractivity contribution in [3.05, 3.63) is 18.0 Å². The van der Waals surface area contributed by atoms with Crippen LogP contribution in [0, 0.1) is 5.41 Å². The Kier molecular flexibility index (Phi) is 10.4. The van der Waals surface area contributed by atoms with Gasteiger partial charge in [-0.15, -0.1) is 24.0 Å². The third-order valence-electron chi connectivity index (χ3n) is 4.86. The van der Waals surface area contributed by atoms with E-state index in [1.54, 1.807) is 7.11 Å². The molecule has 144 valence electrons. The molecule has 0 unspecified atom stereocenters. The van der Waals surface area contributed by atoms with E-state index in [-0.39, 0.29) is 24.0 Å². The highest BCUT2D eigenvalue weighted by molar-refractivity contribution is 14.0. The largest absolute Gasteiger partial charge is 0.385 e. The molecule has 0 aliphatic heterocycles. The van der Waals surface area contributed by atoms with Crippen LogP contribution in [0.25, 0.3) is 0 Å². The van der Waals surface area contributed by atoms with Crippen molar-refractivity contribution in [2.45, 2.75) is 45.4 Å². The lowest BCUT2D eigenvalue weighted by atomic mass is 9.67. The molecular weight excluding hydrogens is 429 g/mol. The number of hydrogen-bond acceptors (Lipinski definition) is 3. The molecule has 1 aliphatic carbocycles. The number of aryl methyl sites for hydroxylation is 2. The smallest absolute Gasteiger partial charge is 0.191 e. The van der Waals surface area contributed by atoms with Gasteiger partial charge in [0.05, 0.1) is 6.20 Å². The predicted octanol–water partition coefficient (Wildman–Crippen LogP) is 2.73. The van der Waals surface area contributed by atoms with Gasteiger partial charge in [0.1, 0.15) is 0 Å². The molecule has 0 bridgehead atoms. The second-order valence-electron chi connectivity index (χ2n) is 6.84. The summed E-state index contributed by atoms with van der Waals surface area (Å²) in [6.07, 6.45) is 11.1. The van der Waals surface area contributed by atoms with Crippen LogP contribution in [0.4, 0.5) is 0 Å². The molecule has 6 nitrogen and oxygen atoms in total. The number of ether oxygens (including phenoxy) is 1. The molecule has 0 spiro atoms. The van der Waals surface area contributed by atoms with E-state index in [9.17, 15) is 0 Å². The highest BCUT2D eigenvalue weighted by Gasteiger charge is 2.36. The molecule has 1 heterocycles. The highest BCUT2D eigenvalue weighted by Crippen LogP contribution is 2.44. The summed E-state index contributed by atoms with van der Waals surface area (Å²) in [4.78, 5) is 4.83. The summed E-state index contributed by atoms with van der Waals surface area (Å²) >= 11 is 0. The summed E-state index contributed by atoms with van der Waals surface area (Å²) in [7, 11) is 3.74. The molecule has 1 aromatic heterocycles. The Hall–Kier alpha value is -0.830. The molecule has 1 aromatic rings. The van der Waals surface area contributed by atoms with Crippen LogP contribution < -0.4 is 10.6 Å². The summed E-state index contributed by atoms with van der Waals surface area (Å²) in [5.74, 6) is 0.937. The number of aliphatic imine (C=N–C) groups is 1. The Morgan fingerprint density at radius 2 is 2.20 bits per heavy atom. The predicted molar refractivity (Wildman–Crippen MR) is 114 cm³/mol. The number of aromatic nitrogens is 2. The number of guanidine groups is 1. The first kappa shape index (κ1) is 22.2. The summed E-state index contributed by atoms with van der Waals surface area (Å²) in [5.41, 5.74) is 1.66. The summed E-state index contributed by atoms with van der Waals surface area (Å²) in [6, 6.07) is 0. The molecule has 1 fully saturated rings. The molecule has 1 saturated carbocycles. The standard InChI is InChI=1S/C18H33N5O.HI/c1-4-19-17(20-11-5-7-16-13-22-23(2)14-16)21-15-18(8-6-9-18)10-12-24-3;/h13-14H,4-12,15H2,1-3H3,(H2,19,20,21);1H. The molecule has 1 aliphatic rings. The van der Waals surface area contributed by atoms with Crippen LogP contribution in [0.15, 0.2) is 17.4 Å². The first-order valence-corrected chi connectivity index (χ1v) is 9.16. The maximum atomic E-state index is 5.26. The zero-order chi connectivity index (χ0) is 17.3. The van der Waals surface area contributed by atoms with E-state index in [0.29, 0.717) is 5.41 Å². The van der Waals surface area contributed by atoms with E-state index in [4.69, 9.17) is 9.73 Å². The fourth-order valence-corrected chi connectivity index (χ4v) is 3.17. The Bertz CT molecular complexity index is 513. The van der Waals surface area contributed by atoms with Gasteiger partial charge in [-0.1, -0.05) is 6.42 Å². The average Bonchev–Trinajstić information content (AvgIpc) is 2.95. The van der Waals surface area contributed by atoms with Crippen molar-refractivity contribution in [2.75, 3.05) is 33.4 Å². The van der Waals surface area contributed by atoms with Gasteiger partial charge in [0.25, 0.3) is 0 Å². The lowest BCUT2D eigenvalue weighted by Gasteiger charge is -2.40. The van der Waals surface area contributed by atoms with Crippen LogP contribution in [-0.4, -0.2) is 49.1 Å². The van der Waals surface area contributed by atoms with Gasteiger partial charge in [0, 0.05) is 46.6 Å². The Balaban J connectivity index is 0.00000312. The maximum Gasteiger partial charge on any atom is 0.191 e. The van der Waals surface area contributed by atoms with E-state index in [0.717, 1.165) is 51.5 Å². The van der Waals surface area contributed by atoms with Gasteiger partial charge in [0.2, 0.25) is 0 Å². The van der Waals surface area contributed by atoms with Gasteiger partial charge < -0.3 is 15.4 Å². The lowest BCUT2D eigenvalue weighted by molar-refractivity contribution is 0.0778. The molecule has 0 radical (unpaired) electrons.